The topological polar surface area (TPSA) is 94.8 Å². The number of nitrogens with one attached hydrogen (secondary N) is 1. The van der Waals surface area contributed by atoms with Crippen LogP contribution in [0.3, 0.4) is 0 Å². The van der Waals surface area contributed by atoms with Crippen LogP contribution in [-0.4, -0.2) is 23.7 Å². The molecule has 0 aliphatic rings. The lowest BCUT2D eigenvalue weighted by Gasteiger charge is -2.23. The molecule has 0 saturated carbocycles. The molecule has 3 rings (SSSR count). The van der Waals surface area contributed by atoms with Crippen LogP contribution in [-0.2, 0) is 22.4 Å². The Morgan fingerprint density at radius 1 is 1.06 bits per heavy atom. The zero-order valence-corrected chi connectivity index (χ0v) is 18.6. The minimum atomic E-state index is -0.975. The summed E-state index contributed by atoms with van der Waals surface area (Å²) in [5.74, 6) is -0.448. The molecule has 0 saturated heterocycles. The predicted octanol–water partition coefficient (Wildman–Crippen LogP) is 4.40. The predicted molar refractivity (Wildman–Crippen MR) is 121 cm³/mol. The van der Waals surface area contributed by atoms with Gasteiger partial charge in [0.25, 0.3) is 0 Å². The molecular weight excluding hydrogens is 410 g/mol. The van der Waals surface area contributed by atoms with E-state index in [-0.39, 0.29) is 12.2 Å². The molecule has 0 spiro atoms. The third kappa shape index (κ3) is 6.20. The van der Waals surface area contributed by atoms with Gasteiger partial charge in [0.2, 0.25) is 0 Å². The number of hydrogen-bond acceptors (Lipinski definition) is 6. The number of carbonyl (C=O) groups is 2. The number of alkyl carbamates (subject to hydrolysis) is 1. The molecule has 0 aliphatic heterocycles. The summed E-state index contributed by atoms with van der Waals surface area (Å²) in [7, 11) is 0. The highest BCUT2D eigenvalue weighted by Gasteiger charge is 2.26. The summed E-state index contributed by atoms with van der Waals surface area (Å²) in [5, 5.41) is 3.37. The molecule has 1 N–H and O–H groups in total. The number of hydrogen-bond donors (Lipinski definition) is 1. The summed E-state index contributed by atoms with van der Waals surface area (Å²) in [6, 6.07) is 14.6. The van der Waals surface area contributed by atoms with E-state index in [1.807, 2.05) is 37.3 Å². The van der Waals surface area contributed by atoms with Gasteiger partial charge in [-0.2, -0.15) is 0 Å². The molecule has 7 heteroatoms. The third-order valence-electron chi connectivity index (χ3n) is 4.66. The SMILES string of the molecule is CCc1cc(=O)oc2cc(OC(=O)[C@H](Cc3ccccc3)NC(=O)OC(C)(C)C)ccc12. The lowest BCUT2D eigenvalue weighted by molar-refractivity contribution is -0.136. The van der Waals surface area contributed by atoms with Crippen molar-refractivity contribution < 1.29 is 23.5 Å². The summed E-state index contributed by atoms with van der Waals surface area (Å²) in [5.41, 5.74) is 0.856. The number of benzene rings is 2. The van der Waals surface area contributed by atoms with Crippen molar-refractivity contribution in [2.45, 2.75) is 52.2 Å². The monoisotopic (exact) mass is 437 g/mol. The largest absolute Gasteiger partial charge is 0.444 e. The Morgan fingerprint density at radius 2 is 1.78 bits per heavy atom. The number of esters is 1. The van der Waals surface area contributed by atoms with Crippen LogP contribution in [0.1, 0.15) is 38.8 Å². The molecule has 2 aromatic carbocycles. The molecule has 0 aliphatic carbocycles. The van der Waals surface area contributed by atoms with Gasteiger partial charge in [0.15, 0.2) is 0 Å². The van der Waals surface area contributed by atoms with E-state index in [1.165, 1.54) is 12.1 Å². The van der Waals surface area contributed by atoms with Gasteiger partial charge in [-0.05, 0) is 50.5 Å². The van der Waals surface area contributed by atoms with Crippen molar-refractivity contribution >= 4 is 23.0 Å². The molecule has 0 unspecified atom stereocenters. The van der Waals surface area contributed by atoms with E-state index in [1.54, 1.807) is 32.9 Å². The van der Waals surface area contributed by atoms with Crippen molar-refractivity contribution in [3.63, 3.8) is 0 Å². The summed E-state index contributed by atoms with van der Waals surface area (Å²) in [6.45, 7) is 7.16. The van der Waals surface area contributed by atoms with Gasteiger partial charge in [0, 0.05) is 23.9 Å². The molecule has 1 heterocycles. The van der Waals surface area contributed by atoms with Crippen LogP contribution in [0.5, 0.6) is 5.75 Å². The highest BCUT2D eigenvalue weighted by atomic mass is 16.6. The van der Waals surface area contributed by atoms with Gasteiger partial charge in [-0.1, -0.05) is 37.3 Å². The van der Waals surface area contributed by atoms with Crippen LogP contribution >= 0.6 is 0 Å². The first-order valence-corrected chi connectivity index (χ1v) is 10.5. The van der Waals surface area contributed by atoms with E-state index in [0.29, 0.717) is 12.0 Å². The molecule has 0 fully saturated rings. The van der Waals surface area contributed by atoms with Crippen LogP contribution in [0.25, 0.3) is 11.0 Å². The highest BCUT2D eigenvalue weighted by Crippen LogP contribution is 2.23. The Morgan fingerprint density at radius 3 is 2.44 bits per heavy atom. The maximum Gasteiger partial charge on any atom is 0.408 e. The minimum absolute atomic E-state index is 0.211. The Labute approximate surface area is 186 Å². The van der Waals surface area contributed by atoms with Crippen molar-refractivity contribution in [2.75, 3.05) is 0 Å². The quantitative estimate of drug-likeness (QED) is 0.349. The molecule has 1 amide bonds. The number of carbonyl (C=O) groups excluding carboxylic acids is 2. The second-order valence-electron chi connectivity index (χ2n) is 8.41. The molecule has 168 valence electrons. The molecule has 1 aromatic heterocycles. The smallest absolute Gasteiger partial charge is 0.408 e. The fraction of sp³-hybridized carbons (Fsp3) is 0.320. The van der Waals surface area contributed by atoms with Gasteiger partial charge in [-0.3, -0.25) is 0 Å². The lowest BCUT2D eigenvalue weighted by atomic mass is 10.1. The van der Waals surface area contributed by atoms with E-state index in [0.717, 1.165) is 16.5 Å². The molecule has 3 aromatic rings. The fourth-order valence-electron chi connectivity index (χ4n) is 3.25. The van der Waals surface area contributed by atoms with Crippen LogP contribution in [0.4, 0.5) is 4.79 Å². The number of rotatable bonds is 6. The minimum Gasteiger partial charge on any atom is -0.444 e. The molecule has 7 nitrogen and oxygen atoms in total. The van der Waals surface area contributed by atoms with E-state index >= 15 is 0 Å². The number of ether oxygens (including phenoxy) is 2. The fourth-order valence-corrected chi connectivity index (χ4v) is 3.25. The average Bonchev–Trinajstić information content (AvgIpc) is 2.71. The van der Waals surface area contributed by atoms with Gasteiger partial charge in [-0.15, -0.1) is 0 Å². The Bertz CT molecular complexity index is 1160. The van der Waals surface area contributed by atoms with E-state index in [4.69, 9.17) is 13.9 Å². The molecule has 0 radical (unpaired) electrons. The first-order valence-electron chi connectivity index (χ1n) is 10.5. The zero-order valence-electron chi connectivity index (χ0n) is 18.6. The van der Waals surface area contributed by atoms with Gasteiger partial charge in [-0.25, -0.2) is 14.4 Å². The first-order chi connectivity index (χ1) is 15.1. The first kappa shape index (κ1) is 23.1. The number of fused-ring (bicyclic) bond motifs is 1. The van der Waals surface area contributed by atoms with Crippen LogP contribution in [0, 0.1) is 0 Å². The van der Waals surface area contributed by atoms with Crippen molar-refractivity contribution in [1.82, 2.24) is 5.32 Å². The lowest BCUT2D eigenvalue weighted by Crippen LogP contribution is -2.46. The van der Waals surface area contributed by atoms with Crippen LogP contribution < -0.4 is 15.7 Å². The highest BCUT2D eigenvalue weighted by molar-refractivity contribution is 5.85. The van der Waals surface area contributed by atoms with Gasteiger partial charge < -0.3 is 19.2 Å². The third-order valence-corrected chi connectivity index (χ3v) is 4.66. The van der Waals surface area contributed by atoms with Crippen molar-refractivity contribution in [3.8, 4) is 5.75 Å². The summed E-state index contributed by atoms with van der Waals surface area (Å²) < 4.78 is 16.1. The Hall–Kier alpha value is -3.61. The zero-order chi connectivity index (χ0) is 23.3. The molecular formula is C25H27NO6. The van der Waals surface area contributed by atoms with Crippen molar-refractivity contribution in [3.05, 3.63) is 76.1 Å². The Balaban J connectivity index is 1.83. The van der Waals surface area contributed by atoms with Gasteiger partial charge in [0.05, 0.1) is 0 Å². The standard InChI is InChI=1S/C25H27NO6/c1-5-17-14-22(27)31-21-15-18(11-12-19(17)21)30-23(28)20(13-16-9-7-6-8-10-16)26-24(29)32-25(2,3)4/h6-12,14-15,20H,5,13H2,1-4H3,(H,26,29)/t20-/m0/s1. The molecule has 1 atom stereocenters. The Kier molecular flexibility index (Phi) is 6.98. The maximum atomic E-state index is 13.0. The number of aryl methyl sites for hydroxylation is 1. The van der Waals surface area contributed by atoms with Crippen molar-refractivity contribution in [2.24, 2.45) is 0 Å². The summed E-state index contributed by atoms with van der Waals surface area (Å²) in [6.07, 6.45) is 0.175. The summed E-state index contributed by atoms with van der Waals surface area (Å²) in [4.78, 5) is 37.1. The number of amides is 1. The molecule has 0 bridgehead atoms. The van der Waals surface area contributed by atoms with E-state index < -0.39 is 29.3 Å². The van der Waals surface area contributed by atoms with Crippen LogP contribution in [0.15, 0.2) is 63.8 Å². The molecule has 32 heavy (non-hydrogen) atoms. The average molecular weight is 437 g/mol. The van der Waals surface area contributed by atoms with Crippen molar-refractivity contribution in [1.29, 1.82) is 0 Å². The summed E-state index contributed by atoms with van der Waals surface area (Å²) >= 11 is 0. The maximum absolute atomic E-state index is 13.0. The van der Waals surface area contributed by atoms with Gasteiger partial charge in [0.1, 0.15) is 23.0 Å². The van der Waals surface area contributed by atoms with E-state index in [2.05, 4.69) is 5.32 Å². The van der Waals surface area contributed by atoms with E-state index in [9.17, 15) is 14.4 Å². The second-order valence-corrected chi connectivity index (χ2v) is 8.41. The van der Waals surface area contributed by atoms with Crippen LogP contribution in [0.2, 0.25) is 0 Å². The van der Waals surface area contributed by atoms with Gasteiger partial charge >= 0.3 is 17.7 Å². The normalized spacial score (nSPS) is 12.2. The second kappa shape index (κ2) is 9.68.